The lowest BCUT2D eigenvalue weighted by atomic mass is 10.1. The van der Waals surface area contributed by atoms with E-state index in [1.165, 1.54) is 20.3 Å². The van der Waals surface area contributed by atoms with E-state index in [1.807, 2.05) is 43.3 Å². The van der Waals surface area contributed by atoms with Gasteiger partial charge in [0.2, 0.25) is 0 Å². The average molecular weight is 371 g/mol. The fraction of sp³-hybridized carbons (Fsp3) is 0.200. The van der Waals surface area contributed by atoms with Crippen LogP contribution in [0.25, 0.3) is 6.08 Å². The van der Waals surface area contributed by atoms with Crippen LogP contribution in [-0.2, 0) is 4.79 Å². The molecule has 0 aliphatic heterocycles. The second kappa shape index (κ2) is 8.93. The monoisotopic (exact) mass is 370 g/mol. The van der Waals surface area contributed by atoms with E-state index in [-0.39, 0.29) is 11.6 Å². The van der Waals surface area contributed by atoms with Gasteiger partial charge in [-0.2, -0.15) is 5.26 Å². The van der Waals surface area contributed by atoms with Crippen molar-refractivity contribution in [1.82, 2.24) is 5.32 Å². The normalized spacial score (nSPS) is 12.0. The van der Waals surface area contributed by atoms with Crippen molar-refractivity contribution in [2.45, 2.75) is 13.0 Å². The Morgan fingerprint density at radius 2 is 1.92 bits per heavy atom. The Hall–Kier alpha value is -2.97. The summed E-state index contributed by atoms with van der Waals surface area (Å²) < 4.78 is 10.4. The van der Waals surface area contributed by atoms with Crippen LogP contribution in [0.3, 0.4) is 0 Å². The van der Waals surface area contributed by atoms with Gasteiger partial charge in [-0.05, 0) is 36.3 Å². The summed E-state index contributed by atoms with van der Waals surface area (Å²) in [6.07, 6.45) is 1.46. The molecule has 1 amide bonds. The van der Waals surface area contributed by atoms with E-state index in [9.17, 15) is 10.1 Å². The molecule has 0 unspecified atom stereocenters. The quantitative estimate of drug-likeness (QED) is 0.612. The number of nitrogens with one attached hydrogen (secondary N) is 1. The van der Waals surface area contributed by atoms with E-state index in [1.54, 1.807) is 12.1 Å². The average Bonchev–Trinajstić information content (AvgIpc) is 2.66. The van der Waals surface area contributed by atoms with Crippen LogP contribution in [-0.4, -0.2) is 20.1 Å². The summed E-state index contributed by atoms with van der Waals surface area (Å²) in [6.45, 7) is 1.86. The smallest absolute Gasteiger partial charge is 0.262 e. The Morgan fingerprint density at radius 1 is 1.23 bits per heavy atom. The number of carbonyl (C=O) groups excluding carboxylic acids is 1. The lowest BCUT2D eigenvalue weighted by Crippen LogP contribution is -2.27. The van der Waals surface area contributed by atoms with Gasteiger partial charge in [0, 0.05) is 0 Å². The predicted octanol–water partition coefficient (Wildman–Crippen LogP) is 4.14. The zero-order valence-electron chi connectivity index (χ0n) is 14.7. The number of benzene rings is 2. The number of nitriles is 1. The molecule has 5 nitrogen and oxygen atoms in total. The zero-order chi connectivity index (χ0) is 19.1. The summed E-state index contributed by atoms with van der Waals surface area (Å²) in [5.41, 5.74) is 1.48. The zero-order valence-corrected chi connectivity index (χ0v) is 15.5. The minimum absolute atomic E-state index is 0.0314. The number of hydrogen-bond acceptors (Lipinski definition) is 4. The second-order valence-electron chi connectivity index (χ2n) is 5.51. The molecule has 1 atom stereocenters. The van der Waals surface area contributed by atoms with E-state index in [2.05, 4.69) is 5.32 Å². The standard InChI is InChI=1S/C20H19ClN2O3/c1-13(15-7-5-4-6-8-15)23-20(24)16(12-22)9-14-10-17(21)19(26-3)18(11-14)25-2/h4-11,13H,1-3H3,(H,23,24)/b16-9-/t13-/m1/s1. The van der Waals surface area contributed by atoms with Crippen molar-refractivity contribution in [3.63, 3.8) is 0 Å². The lowest BCUT2D eigenvalue weighted by molar-refractivity contribution is -0.117. The van der Waals surface area contributed by atoms with Crippen molar-refractivity contribution in [2.75, 3.05) is 14.2 Å². The summed E-state index contributed by atoms with van der Waals surface area (Å²) in [5.74, 6) is 0.350. The van der Waals surface area contributed by atoms with Crippen LogP contribution in [0.1, 0.15) is 24.1 Å². The largest absolute Gasteiger partial charge is 0.493 e. The fourth-order valence-electron chi connectivity index (χ4n) is 2.44. The van der Waals surface area contributed by atoms with Crippen LogP contribution in [0.2, 0.25) is 5.02 Å². The first-order chi connectivity index (χ1) is 12.5. The topological polar surface area (TPSA) is 71.3 Å². The maximum atomic E-state index is 12.4. The Balaban J connectivity index is 2.26. The van der Waals surface area contributed by atoms with E-state index in [0.29, 0.717) is 22.1 Å². The molecule has 134 valence electrons. The molecule has 2 aromatic carbocycles. The Bertz CT molecular complexity index is 857. The van der Waals surface area contributed by atoms with Crippen molar-refractivity contribution in [2.24, 2.45) is 0 Å². The van der Waals surface area contributed by atoms with E-state index >= 15 is 0 Å². The van der Waals surface area contributed by atoms with Gasteiger partial charge in [-0.3, -0.25) is 4.79 Å². The Labute approximate surface area is 157 Å². The predicted molar refractivity (Wildman–Crippen MR) is 101 cm³/mol. The summed E-state index contributed by atoms with van der Waals surface area (Å²) in [5, 5.41) is 12.5. The van der Waals surface area contributed by atoms with Crippen LogP contribution < -0.4 is 14.8 Å². The number of nitrogens with zero attached hydrogens (tertiary/aromatic N) is 1. The fourth-order valence-corrected chi connectivity index (χ4v) is 2.73. The summed E-state index contributed by atoms with van der Waals surface area (Å²) in [7, 11) is 2.97. The van der Waals surface area contributed by atoms with Crippen molar-refractivity contribution in [3.05, 3.63) is 64.2 Å². The second-order valence-corrected chi connectivity index (χ2v) is 5.92. The molecule has 0 radical (unpaired) electrons. The van der Waals surface area contributed by atoms with Gasteiger partial charge in [-0.15, -0.1) is 0 Å². The first-order valence-electron chi connectivity index (χ1n) is 7.89. The number of halogens is 1. The van der Waals surface area contributed by atoms with E-state index in [0.717, 1.165) is 5.56 Å². The molecule has 0 fully saturated rings. The van der Waals surface area contributed by atoms with Gasteiger partial charge in [0.05, 0.1) is 25.3 Å². The highest BCUT2D eigenvalue weighted by Gasteiger charge is 2.15. The third-order valence-corrected chi connectivity index (χ3v) is 4.06. The minimum Gasteiger partial charge on any atom is -0.493 e. The molecule has 6 heteroatoms. The number of hydrogen-bond donors (Lipinski definition) is 1. The molecule has 0 aliphatic carbocycles. The third kappa shape index (κ3) is 4.56. The number of ether oxygens (including phenoxy) is 2. The highest BCUT2D eigenvalue weighted by molar-refractivity contribution is 6.32. The highest BCUT2D eigenvalue weighted by Crippen LogP contribution is 2.36. The van der Waals surface area contributed by atoms with Gasteiger partial charge in [0.25, 0.3) is 5.91 Å². The van der Waals surface area contributed by atoms with E-state index < -0.39 is 5.91 Å². The van der Waals surface area contributed by atoms with Crippen LogP contribution in [0, 0.1) is 11.3 Å². The molecule has 0 bridgehead atoms. The number of rotatable bonds is 6. The Kier molecular flexibility index (Phi) is 6.65. The minimum atomic E-state index is -0.463. The molecule has 1 N–H and O–H groups in total. The molecule has 0 aromatic heterocycles. The maximum Gasteiger partial charge on any atom is 0.262 e. The van der Waals surface area contributed by atoms with Gasteiger partial charge in [0.15, 0.2) is 11.5 Å². The summed E-state index contributed by atoms with van der Waals surface area (Å²) in [4.78, 5) is 12.4. The van der Waals surface area contributed by atoms with Gasteiger partial charge in [0.1, 0.15) is 11.6 Å². The number of methoxy groups -OCH3 is 2. The van der Waals surface area contributed by atoms with Crippen LogP contribution >= 0.6 is 11.6 Å². The highest BCUT2D eigenvalue weighted by atomic mass is 35.5. The maximum absolute atomic E-state index is 12.4. The van der Waals surface area contributed by atoms with Crippen LogP contribution in [0.4, 0.5) is 0 Å². The molecule has 0 aliphatic rings. The van der Waals surface area contributed by atoms with Gasteiger partial charge < -0.3 is 14.8 Å². The summed E-state index contributed by atoms with van der Waals surface area (Å²) in [6, 6.07) is 14.5. The number of carbonyl (C=O) groups is 1. The van der Waals surface area contributed by atoms with Gasteiger partial charge in [-0.1, -0.05) is 41.9 Å². The van der Waals surface area contributed by atoms with Gasteiger partial charge >= 0.3 is 0 Å². The number of amides is 1. The molecular weight excluding hydrogens is 352 g/mol. The molecular formula is C20H19ClN2O3. The Morgan fingerprint density at radius 3 is 2.50 bits per heavy atom. The van der Waals surface area contributed by atoms with Crippen molar-refractivity contribution < 1.29 is 14.3 Å². The van der Waals surface area contributed by atoms with Crippen molar-refractivity contribution in [1.29, 1.82) is 5.26 Å². The molecule has 2 aromatic rings. The van der Waals surface area contributed by atoms with Crippen molar-refractivity contribution in [3.8, 4) is 17.6 Å². The molecule has 0 heterocycles. The molecule has 0 saturated carbocycles. The van der Waals surface area contributed by atoms with Crippen LogP contribution in [0.5, 0.6) is 11.5 Å². The first kappa shape index (κ1) is 19.4. The van der Waals surface area contributed by atoms with Crippen molar-refractivity contribution >= 4 is 23.6 Å². The SMILES string of the molecule is COc1cc(/C=C(/C#N)C(=O)N[C@H](C)c2ccccc2)cc(Cl)c1OC. The lowest BCUT2D eigenvalue weighted by Gasteiger charge is -2.14. The molecule has 26 heavy (non-hydrogen) atoms. The molecule has 0 saturated heterocycles. The summed E-state index contributed by atoms with van der Waals surface area (Å²) >= 11 is 6.17. The molecule has 2 rings (SSSR count). The first-order valence-corrected chi connectivity index (χ1v) is 8.27. The van der Waals surface area contributed by atoms with E-state index in [4.69, 9.17) is 21.1 Å². The van der Waals surface area contributed by atoms with Crippen LogP contribution in [0.15, 0.2) is 48.0 Å². The third-order valence-electron chi connectivity index (χ3n) is 3.78. The molecule has 0 spiro atoms. The van der Waals surface area contributed by atoms with Gasteiger partial charge in [-0.25, -0.2) is 0 Å².